The topological polar surface area (TPSA) is 68.5 Å². The van der Waals surface area contributed by atoms with Gasteiger partial charge in [-0.2, -0.15) is 4.98 Å². The van der Waals surface area contributed by atoms with Crippen molar-refractivity contribution in [2.75, 3.05) is 13.7 Å². The third-order valence-electron chi connectivity index (χ3n) is 5.35. The average molecular weight is 391 g/mol. The fourth-order valence-electron chi connectivity index (χ4n) is 3.78. The van der Waals surface area contributed by atoms with Crippen LogP contribution in [0, 0.1) is 0 Å². The number of aromatic nitrogens is 2. The molecule has 1 saturated heterocycles. The molecule has 0 spiro atoms. The molecule has 1 amide bonds. The molecule has 4 rings (SSSR count). The zero-order valence-electron chi connectivity index (χ0n) is 16.6. The normalized spacial score (nSPS) is 16.6. The minimum Gasteiger partial charge on any atom is -0.497 e. The number of rotatable bonds is 6. The lowest BCUT2D eigenvalue weighted by Gasteiger charge is -2.33. The number of aryl methyl sites for hydroxylation is 1. The SMILES string of the molecule is COc1cccc(-c2noc(C3CCCCN3C(=O)CCc3ccccc3)n2)c1. The van der Waals surface area contributed by atoms with Gasteiger partial charge in [-0.05, 0) is 43.4 Å². The first kappa shape index (κ1) is 19.2. The number of carbonyl (C=O) groups is 1. The van der Waals surface area contributed by atoms with Gasteiger partial charge in [-0.15, -0.1) is 0 Å². The van der Waals surface area contributed by atoms with E-state index in [1.807, 2.05) is 47.4 Å². The average Bonchev–Trinajstić information content (AvgIpc) is 3.28. The fourth-order valence-corrected chi connectivity index (χ4v) is 3.78. The summed E-state index contributed by atoms with van der Waals surface area (Å²) in [6.07, 6.45) is 4.12. The maximum absolute atomic E-state index is 12.9. The smallest absolute Gasteiger partial charge is 0.249 e. The molecule has 1 unspecified atom stereocenters. The molecule has 6 nitrogen and oxygen atoms in total. The molecule has 150 valence electrons. The van der Waals surface area contributed by atoms with Crippen molar-refractivity contribution in [3.8, 4) is 17.1 Å². The molecular weight excluding hydrogens is 366 g/mol. The Morgan fingerprint density at radius 2 is 2.03 bits per heavy atom. The Morgan fingerprint density at radius 1 is 1.17 bits per heavy atom. The van der Waals surface area contributed by atoms with E-state index in [0.29, 0.717) is 18.1 Å². The van der Waals surface area contributed by atoms with Crippen molar-refractivity contribution >= 4 is 5.91 Å². The van der Waals surface area contributed by atoms with Crippen LogP contribution < -0.4 is 4.74 Å². The maximum atomic E-state index is 12.9. The largest absolute Gasteiger partial charge is 0.497 e. The molecule has 0 aliphatic carbocycles. The van der Waals surface area contributed by atoms with Crippen molar-refractivity contribution in [2.24, 2.45) is 0 Å². The Morgan fingerprint density at radius 3 is 2.86 bits per heavy atom. The molecule has 0 saturated carbocycles. The number of amides is 1. The number of carbonyl (C=O) groups excluding carboxylic acids is 1. The second kappa shape index (κ2) is 8.90. The van der Waals surface area contributed by atoms with Crippen LogP contribution in [-0.2, 0) is 11.2 Å². The number of likely N-dealkylation sites (tertiary alicyclic amines) is 1. The summed E-state index contributed by atoms with van der Waals surface area (Å²) in [6, 6.07) is 17.5. The van der Waals surface area contributed by atoms with Crippen molar-refractivity contribution in [2.45, 2.75) is 38.1 Å². The van der Waals surface area contributed by atoms with Crippen LogP contribution in [0.15, 0.2) is 59.1 Å². The van der Waals surface area contributed by atoms with Crippen LogP contribution in [0.25, 0.3) is 11.4 Å². The molecule has 6 heteroatoms. The highest BCUT2D eigenvalue weighted by Gasteiger charge is 2.32. The highest BCUT2D eigenvalue weighted by Crippen LogP contribution is 2.32. The van der Waals surface area contributed by atoms with E-state index in [1.54, 1.807) is 7.11 Å². The van der Waals surface area contributed by atoms with Crippen LogP contribution in [0.3, 0.4) is 0 Å². The van der Waals surface area contributed by atoms with E-state index in [-0.39, 0.29) is 11.9 Å². The molecule has 1 aliphatic rings. The van der Waals surface area contributed by atoms with Crippen LogP contribution in [0.1, 0.15) is 43.2 Å². The van der Waals surface area contributed by atoms with Gasteiger partial charge in [0, 0.05) is 18.5 Å². The first-order valence-electron chi connectivity index (χ1n) is 10.1. The number of hydrogen-bond donors (Lipinski definition) is 0. The monoisotopic (exact) mass is 391 g/mol. The fraction of sp³-hybridized carbons (Fsp3) is 0.348. The first-order valence-corrected chi connectivity index (χ1v) is 10.1. The van der Waals surface area contributed by atoms with Gasteiger partial charge in [0.15, 0.2) is 0 Å². The second-order valence-corrected chi connectivity index (χ2v) is 7.27. The van der Waals surface area contributed by atoms with Crippen molar-refractivity contribution in [3.63, 3.8) is 0 Å². The van der Waals surface area contributed by atoms with Crippen LogP contribution in [0.4, 0.5) is 0 Å². The van der Waals surface area contributed by atoms with Crippen LogP contribution in [0.5, 0.6) is 5.75 Å². The van der Waals surface area contributed by atoms with Gasteiger partial charge >= 0.3 is 0 Å². The minimum atomic E-state index is -0.154. The third-order valence-corrected chi connectivity index (χ3v) is 5.35. The summed E-state index contributed by atoms with van der Waals surface area (Å²) >= 11 is 0. The van der Waals surface area contributed by atoms with E-state index in [2.05, 4.69) is 22.3 Å². The van der Waals surface area contributed by atoms with Crippen molar-refractivity contribution in [3.05, 3.63) is 66.1 Å². The molecule has 3 aromatic rings. The van der Waals surface area contributed by atoms with E-state index in [4.69, 9.17) is 9.26 Å². The molecule has 2 heterocycles. The molecule has 2 aromatic carbocycles. The quantitative estimate of drug-likeness (QED) is 0.622. The Hall–Kier alpha value is -3.15. The first-order chi connectivity index (χ1) is 14.2. The number of methoxy groups -OCH3 is 1. The highest BCUT2D eigenvalue weighted by atomic mass is 16.5. The van der Waals surface area contributed by atoms with E-state index in [1.165, 1.54) is 5.56 Å². The number of ether oxygens (including phenoxy) is 1. The predicted molar refractivity (Wildman–Crippen MR) is 109 cm³/mol. The van der Waals surface area contributed by atoms with Gasteiger partial charge in [0.1, 0.15) is 11.8 Å². The molecule has 1 atom stereocenters. The van der Waals surface area contributed by atoms with E-state index < -0.39 is 0 Å². The van der Waals surface area contributed by atoms with Gasteiger partial charge in [0.25, 0.3) is 0 Å². The molecule has 29 heavy (non-hydrogen) atoms. The summed E-state index contributed by atoms with van der Waals surface area (Å²) in [4.78, 5) is 19.5. The standard InChI is InChI=1S/C23H25N3O3/c1-28-19-11-7-10-18(16-19)22-24-23(29-25-22)20-12-5-6-15-26(20)21(27)14-13-17-8-3-2-4-9-17/h2-4,7-11,16,20H,5-6,12-15H2,1H3. The Balaban J connectivity index is 1.48. The molecular formula is C23H25N3O3. The summed E-state index contributed by atoms with van der Waals surface area (Å²) in [7, 11) is 1.63. The van der Waals surface area contributed by atoms with Crippen LogP contribution in [-0.4, -0.2) is 34.6 Å². The van der Waals surface area contributed by atoms with Gasteiger partial charge in [-0.1, -0.05) is 47.6 Å². The second-order valence-electron chi connectivity index (χ2n) is 7.27. The van der Waals surface area contributed by atoms with Crippen molar-refractivity contribution in [1.29, 1.82) is 0 Å². The Kier molecular flexibility index (Phi) is 5.89. The van der Waals surface area contributed by atoms with Crippen molar-refractivity contribution in [1.82, 2.24) is 15.0 Å². The molecule has 1 aliphatic heterocycles. The zero-order chi connectivity index (χ0) is 20.1. The summed E-state index contributed by atoms with van der Waals surface area (Å²) in [5.41, 5.74) is 2.00. The lowest BCUT2D eigenvalue weighted by Crippen LogP contribution is -2.38. The van der Waals surface area contributed by atoms with Gasteiger partial charge in [0.05, 0.1) is 7.11 Å². The Labute approximate surface area is 170 Å². The van der Waals surface area contributed by atoms with Crippen LogP contribution >= 0.6 is 0 Å². The minimum absolute atomic E-state index is 0.139. The summed E-state index contributed by atoms with van der Waals surface area (Å²) in [5.74, 6) is 1.90. The molecule has 1 fully saturated rings. The van der Waals surface area contributed by atoms with Gasteiger partial charge in [0.2, 0.25) is 17.6 Å². The Bertz CT molecular complexity index is 955. The van der Waals surface area contributed by atoms with E-state index in [0.717, 1.165) is 43.5 Å². The summed E-state index contributed by atoms with van der Waals surface area (Å²) < 4.78 is 10.9. The van der Waals surface area contributed by atoms with E-state index in [9.17, 15) is 4.79 Å². The predicted octanol–water partition coefficient (Wildman–Crippen LogP) is 4.43. The number of benzene rings is 2. The highest BCUT2D eigenvalue weighted by molar-refractivity contribution is 5.77. The summed E-state index contributed by atoms with van der Waals surface area (Å²) in [6.45, 7) is 0.731. The van der Waals surface area contributed by atoms with E-state index >= 15 is 0 Å². The lowest BCUT2D eigenvalue weighted by molar-refractivity contribution is -0.135. The molecule has 0 radical (unpaired) electrons. The number of nitrogens with zero attached hydrogens (tertiary/aromatic N) is 3. The maximum Gasteiger partial charge on any atom is 0.249 e. The lowest BCUT2D eigenvalue weighted by atomic mass is 10.0. The van der Waals surface area contributed by atoms with Crippen LogP contribution in [0.2, 0.25) is 0 Å². The van der Waals surface area contributed by atoms with Gasteiger partial charge in [-0.25, -0.2) is 0 Å². The van der Waals surface area contributed by atoms with Gasteiger partial charge in [-0.3, -0.25) is 4.79 Å². The number of hydrogen-bond acceptors (Lipinski definition) is 5. The molecule has 0 bridgehead atoms. The third kappa shape index (κ3) is 4.47. The molecule has 0 N–H and O–H groups in total. The molecule has 1 aromatic heterocycles. The summed E-state index contributed by atoms with van der Waals surface area (Å²) in [5, 5.41) is 4.14. The van der Waals surface area contributed by atoms with Gasteiger partial charge < -0.3 is 14.2 Å². The zero-order valence-corrected chi connectivity index (χ0v) is 16.6. The van der Waals surface area contributed by atoms with Crippen molar-refractivity contribution < 1.29 is 14.1 Å². The number of piperidine rings is 1.